The molecule has 148 valence electrons. The topological polar surface area (TPSA) is 106 Å². The second-order valence-corrected chi connectivity index (χ2v) is 6.11. The van der Waals surface area contributed by atoms with Gasteiger partial charge in [0.15, 0.2) is 0 Å². The summed E-state index contributed by atoms with van der Waals surface area (Å²) in [4.78, 5) is 37.0. The van der Waals surface area contributed by atoms with Gasteiger partial charge in [-0.15, -0.1) is 0 Å². The highest BCUT2D eigenvalue weighted by Gasteiger charge is 2.12. The number of nitrogens with zero attached hydrogens (tertiary/aromatic N) is 3. The highest BCUT2D eigenvalue weighted by molar-refractivity contribution is 6.03. The van der Waals surface area contributed by atoms with E-state index in [4.69, 9.17) is 4.74 Å². The lowest BCUT2D eigenvalue weighted by Gasteiger charge is -2.09. The Morgan fingerprint density at radius 1 is 1.07 bits per heavy atom. The highest BCUT2D eigenvalue weighted by Crippen LogP contribution is 2.14. The summed E-state index contributed by atoms with van der Waals surface area (Å²) in [7, 11) is 0. The molecule has 8 heteroatoms. The molecule has 0 aliphatic heterocycles. The van der Waals surface area contributed by atoms with E-state index in [9.17, 15) is 9.59 Å². The van der Waals surface area contributed by atoms with Crippen molar-refractivity contribution in [3.63, 3.8) is 0 Å². The first-order chi connectivity index (χ1) is 14.0. The molecule has 2 aromatic heterocycles. The molecule has 8 nitrogen and oxygen atoms in total. The number of anilines is 2. The molecule has 0 aliphatic rings. The number of esters is 1. The van der Waals surface area contributed by atoms with Gasteiger partial charge in [0.25, 0.3) is 5.91 Å². The van der Waals surface area contributed by atoms with Gasteiger partial charge in [-0.3, -0.25) is 9.78 Å². The zero-order valence-electron chi connectivity index (χ0n) is 16.2. The summed E-state index contributed by atoms with van der Waals surface area (Å²) in [5, 5.41) is 5.91. The number of hydrogen-bond donors (Lipinski definition) is 2. The quantitative estimate of drug-likeness (QED) is 0.596. The Hall–Kier alpha value is -3.81. The van der Waals surface area contributed by atoms with E-state index in [0.717, 1.165) is 5.69 Å². The van der Waals surface area contributed by atoms with Gasteiger partial charge in [0.05, 0.1) is 24.4 Å². The number of carbonyl (C=O) groups is 2. The van der Waals surface area contributed by atoms with Gasteiger partial charge in [-0.25, -0.2) is 14.8 Å². The van der Waals surface area contributed by atoms with E-state index in [1.165, 1.54) is 0 Å². The van der Waals surface area contributed by atoms with E-state index in [1.54, 1.807) is 50.4 Å². The van der Waals surface area contributed by atoms with Crippen LogP contribution in [0.15, 0.2) is 54.7 Å². The number of ether oxygens (including phenoxy) is 1. The summed E-state index contributed by atoms with van der Waals surface area (Å²) in [6.45, 7) is 4.25. The number of amides is 1. The van der Waals surface area contributed by atoms with Crippen LogP contribution >= 0.6 is 0 Å². The Labute approximate surface area is 168 Å². The summed E-state index contributed by atoms with van der Waals surface area (Å²) in [6.07, 6.45) is 1.72. The Bertz CT molecular complexity index is 991. The lowest BCUT2D eigenvalue weighted by Crippen LogP contribution is -2.16. The van der Waals surface area contributed by atoms with Crippen molar-refractivity contribution >= 4 is 23.4 Å². The van der Waals surface area contributed by atoms with Crippen LogP contribution in [0, 0.1) is 6.92 Å². The molecular formula is C21H21N5O3. The first-order valence-electron chi connectivity index (χ1n) is 9.13. The standard InChI is InChI=1S/C21H21N5O3/c1-3-29-21(28)15-7-9-16(10-8-15)26-20(27)18-12-19(25-14(2)24-18)23-13-17-6-4-5-11-22-17/h4-12H,3,13H2,1-2H3,(H,26,27)(H,23,24,25). The minimum atomic E-state index is -0.402. The average Bonchev–Trinajstić information content (AvgIpc) is 2.73. The molecule has 0 spiro atoms. The van der Waals surface area contributed by atoms with Crippen molar-refractivity contribution in [3.05, 3.63) is 77.5 Å². The minimum Gasteiger partial charge on any atom is -0.462 e. The first-order valence-corrected chi connectivity index (χ1v) is 9.13. The predicted octanol–water partition coefficient (Wildman–Crippen LogP) is 3.22. The van der Waals surface area contributed by atoms with Gasteiger partial charge >= 0.3 is 5.97 Å². The van der Waals surface area contributed by atoms with Crippen molar-refractivity contribution in [2.75, 3.05) is 17.2 Å². The number of rotatable bonds is 7. The van der Waals surface area contributed by atoms with Crippen molar-refractivity contribution in [2.45, 2.75) is 20.4 Å². The van der Waals surface area contributed by atoms with E-state index in [1.807, 2.05) is 18.2 Å². The molecule has 0 saturated heterocycles. The minimum absolute atomic E-state index is 0.232. The van der Waals surface area contributed by atoms with Gasteiger partial charge in [-0.05, 0) is 50.2 Å². The summed E-state index contributed by atoms with van der Waals surface area (Å²) in [5.74, 6) is 0.227. The van der Waals surface area contributed by atoms with Crippen LogP contribution < -0.4 is 10.6 Å². The Morgan fingerprint density at radius 2 is 1.86 bits per heavy atom. The fourth-order valence-corrected chi connectivity index (χ4v) is 2.56. The van der Waals surface area contributed by atoms with Crippen molar-refractivity contribution in [3.8, 4) is 0 Å². The van der Waals surface area contributed by atoms with E-state index in [-0.39, 0.29) is 11.6 Å². The van der Waals surface area contributed by atoms with Crippen molar-refractivity contribution in [2.24, 2.45) is 0 Å². The molecule has 2 N–H and O–H groups in total. The van der Waals surface area contributed by atoms with E-state index in [2.05, 4.69) is 25.6 Å². The molecule has 0 fully saturated rings. The van der Waals surface area contributed by atoms with Gasteiger partial charge in [0.2, 0.25) is 0 Å². The SMILES string of the molecule is CCOC(=O)c1ccc(NC(=O)c2cc(NCc3ccccn3)nc(C)n2)cc1. The van der Waals surface area contributed by atoms with Gasteiger partial charge in [0, 0.05) is 18.0 Å². The second-order valence-electron chi connectivity index (χ2n) is 6.11. The van der Waals surface area contributed by atoms with Crippen LogP contribution in [0.2, 0.25) is 0 Å². The Kier molecular flexibility index (Phi) is 6.47. The summed E-state index contributed by atoms with van der Waals surface area (Å²) >= 11 is 0. The molecule has 0 saturated carbocycles. The molecule has 1 amide bonds. The van der Waals surface area contributed by atoms with Crippen molar-refractivity contribution in [1.82, 2.24) is 15.0 Å². The lowest BCUT2D eigenvalue weighted by molar-refractivity contribution is 0.0526. The molecule has 29 heavy (non-hydrogen) atoms. The van der Waals surface area contributed by atoms with Crippen LogP contribution in [0.1, 0.15) is 39.3 Å². The fraction of sp³-hybridized carbons (Fsp3) is 0.190. The largest absolute Gasteiger partial charge is 0.462 e. The molecule has 2 heterocycles. The molecular weight excluding hydrogens is 370 g/mol. The predicted molar refractivity (Wildman–Crippen MR) is 109 cm³/mol. The van der Waals surface area contributed by atoms with E-state index >= 15 is 0 Å². The summed E-state index contributed by atoms with van der Waals surface area (Å²) in [6, 6.07) is 13.7. The van der Waals surface area contributed by atoms with Crippen molar-refractivity contribution in [1.29, 1.82) is 0 Å². The Morgan fingerprint density at radius 3 is 2.55 bits per heavy atom. The van der Waals surface area contributed by atoms with Crippen LogP contribution in [0.5, 0.6) is 0 Å². The summed E-state index contributed by atoms with van der Waals surface area (Å²) in [5.41, 5.74) is 2.05. The smallest absolute Gasteiger partial charge is 0.338 e. The number of aromatic nitrogens is 3. The van der Waals surface area contributed by atoms with Crippen LogP contribution in [-0.2, 0) is 11.3 Å². The average molecular weight is 391 g/mol. The first kappa shape index (κ1) is 19.9. The third kappa shape index (κ3) is 5.58. The molecule has 0 unspecified atom stereocenters. The van der Waals surface area contributed by atoms with Crippen LogP contribution in [0.4, 0.5) is 11.5 Å². The molecule has 1 aromatic carbocycles. The Balaban J connectivity index is 1.67. The monoisotopic (exact) mass is 391 g/mol. The van der Waals surface area contributed by atoms with Gasteiger partial charge < -0.3 is 15.4 Å². The van der Waals surface area contributed by atoms with E-state index in [0.29, 0.717) is 36.0 Å². The number of benzene rings is 1. The third-order valence-electron chi connectivity index (χ3n) is 3.90. The number of nitrogens with one attached hydrogen (secondary N) is 2. The number of hydrogen-bond acceptors (Lipinski definition) is 7. The van der Waals surface area contributed by atoms with Gasteiger partial charge in [0.1, 0.15) is 17.3 Å². The number of carbonyl (C=O) groups excluding carboxylic acids is 2. The van der Waals surface area contributed by atoms with Crippen LogP contribution in [0.25, 0.3) is 0 Å². The van der Waals surface area contributed by atoms with Gasteiger partial charge in [-0.2, -0.15) is 0 Å². The maximum absolute atomic E-state index is 12.6. The van der Waals surface area contributed by atoms with Crippen LogP contribution in [-0.4, -0.2) is 33.4 Å². The molecule has 0 radical (unpaired) electrons. The summed E-state index contributed by atoms with van der Waals surface area (Å²) < 4.78 is 4.94. The maximum atomic E-state index is 12.6. The second kappa shape index (κ2) is 9.41. The number of aryl methyl sites for hydroxylation is 1. The zero-order valence-corrected chi connectivity index (χ0v) is 16.2. The zero-order chi connectivity index (χ0) is 20.6. The third-order valence-corrected chi connectivity index (χ3v) is 3.90. The van der Waals surface area contributed by atoms with Crippen molar-refractivity contribution < 1.29 is 14.3 Å². The molecule has 3 aromatic rings. The number of pyridine rings is 1. The normalized spacial score (nSPS) is 10.3. The lowest BCUT2D eigenvalue weighted by atomic mass is 10.2. The highest BCUT2D eigenvalue weighted by atomic mass is 16.5. The van der Waals surface area contributed by atoms with E-state index < -0.39 is 5.97 Å². The maximum Gasteiger partial charge on any atom is 0.338 e. The molecule has 0 aliphatic carbocycles. The van der Waals surface area contributed by atoms with Crippen LogP contribution in [0.3, 0.4) is 0 Å². The molecule has 0 atom stereocenters. The fourth-order valence-electron chi connectivity index (χ4n) is 2.56. The van der Waals surface area contributed by atoms with Gasteiger partial charge in [-0.1, -0.05) is 6.07 Å². The molecule has 3 rings (SSSR count). The molecule has 0 bridgehead atoms.